The van der Waals surface area contributed by atoms with Crippen LogP contribution >= 0.6 is 0 Å². The molecule has 0 saturated carbocycles. The second-order valence-corrected chi connectivity index (χ2v) is 10.1. The Kier molecular flexibility index (Phi) is 10.7. The van der Waals surface area contributed by atoms with Gasteiger partial charge in [-0.2, -0.15) is 0 Å². The standard InChI is InChI=1S/C28H37FN6O5/c1-17(2)13-19-20(29)15-30-23-14-18(31-25(19)23)16-35-12-8-10-22(27(35)38)32-26(37)21(33-28(39)40-5)9-6-7-11-24(36)34(3)4/h7-8,10-12,14-15,17,21,28,31,33,39H,6,9,13,16H2,1-5H3,(H,32,37)/b11-7+/t21-,28?/m0/s1. The van der Waals surface area contributed by atoms with Crippen LogP contribution in [0.1, 0.15) is 37.9 Å². The highest BCUT2D eigenvalue weighted by molar-refractivity contribution is 5.94. The molecule has 0 aromatic carbocycles. The molecule has 0 aliphatic heterocycles. The smallest absolute Gasteiger partial charge is 0.274 e. The fourth-order valence-corrected chi connectivity index (χ4v) is 4.13. The van der Waals surface area contributed by atoms with Crippen molar-refractivity contribution in [3.8, 4) is 0 Å². The number of hydrogen-bond acceptors (Lipinski definition) is 7. The van der Waals surface area contributed by atoms with E-state index in [9.17, 15) is 23.9 Å². The van der Waals surface area contributed by atoms with Crippen molar-refractivity contribution in [1.29, 1.82) is 0 Å². The molecule has 0 saturated heterocycles. The molecule has 2 atom stereocenters. The average molecular weight is 557 g/mol. The van der Waals surface area contributed by atoms with Crippen LogP contribution in [0.4, 0.5) is 10.1 Å². The topological polar surface area (TPSA) is 142 Å². The van der Waals surface area contributed by atoms with Gasteiger partial charge in [0.1, 0.15) is 11.5 Å². The molecule has 4 N–H and O–H groups in total. The first-order valence-electron chi connectivity index (χ1n) is 13.0. The number of carbonyl (C=O) groups excluding carboxylic acids is 2. The molecule has 3 rings (SSSR count). The number of hydrogen-bond donors (Lipinski definition) is 4. The molecule has 40 heavy (non-hydrogen) atoms. The van der Waals surface area contributed by atoms with Gasteiger partial charge in [0, 0.05) is 38.7 Å². The summed E-state index contributed by atoms with van der Waals surface area (Å²) in [6.07, 6.45) is 5.54. The number of H-pyrrole nitrogens is 1. The molecule has 0 spiro atoms. The molecule has 11 nitrogen and oxygen atoms in total. The molecular weight excluding hydrogens is 519 g/mol. The molecule has 0 aliphatic carbocycles. The molecule has 2 amide bonds. The van der Waals surface area contributed by atoms with Crippen LogP contribution in [0.15, 0.2) is 47.5 Å². The van der Waals surface area contributed by atoms with Crippen molar-refractivity contribution in [1.82, 2.24) is 24.8 Å². The molecule has 0 fully saturated rings. The molecule has 3 aromatic rings. The summed E-state index contributed by atoms with van der Waals surface area (Å²) in [5.41, 5.74) is 2.02. The number of ether oxygens (including phenoxy) is 1. The van der Waals surface area contributed by atoms with E-state index in [-0.39, 0.29) is 36.3 Å². The van der Waals surface area contributed by atoms with Gasteiger partial charge in [-0.05, 0) is 49.5 Å². The minimum Gasteiger partial charge on any atom is -0.356 e. The van der Waals surface area contributed by atoms with Gasteiger partial charge in [-0.15, -0.1) is 0 Å². The van der Waals surface area contributed by atoms with Crippen LogP contribution in [0.2, 0.25) is 0 Å². The molecule has 3 aromatic heterocycles. The summed E-state index contributed by atoms with van der Waals surface area (Å²) in [5, 5.41) is 15.2. The van der Waals surface area contributed by atoms with Crippen LogP contribution < -0.4 is 16.2 Å². The van der Waals surface area contributed by atoms with E-state index in [0.717, 1.165) is 0 Å². The highest BCUT2D eigenvalue weighted by atomic mass is 19.1. The normalized spacial score (nSPS) is 13.2. The molecule has 0 bridgehead atoms. The van der Waals surface area contributed by atoms with Gasteiger partial charge in [-0.25, -0.2) is 4.39 Å². The second-order valence-electron chi connectivity index (χ2n) is 10.1. The molecule has 0 radical (unpaired) electrons. The number of allylic oxidation sites excluding steroid dienone is 1. The first kappa shape index (κ1) is 30.7. The van der Waals surface area contributed by atoms with Crippen LogP contribution in [0.3, 0.4) is 0 Å². The van der Waals surface area contributed by atoms with E-state index in [2.05, 4.69) is 20.6 Å². The number of aliphatic hydroxyl groups excluding tert-OH is 1. The van der Waals surface area contributed by atoms with Crippen molar-refractivity contribution in [2.45, 2.75) is 52.1 Å². The third-order valence-corrected chi connectivity index (χ3v) is 6.20. The molecular formula is C28H37FN6O5. The van der Waals surface area contributed by atoms with Crippen molar-refractivity contribution in [3.63, 3.8) is 0 Å². The zero-order chi connectivity index (χ0) is 29.4. The lowest BCUT2D eigenvalue weighted by Gasteiger charge is -2.20. The van der Waals surface area contributed by atoms with E-state index in [0.29, 0.717) is 35.1 Å². The van der Waals surface area contributed by atoms with Crippen LogP contribution in [-0.4, -0.2) is 70.0 Å². The minimum atomic E-state index is -1.41. The number of aromatic nitrogens is 3. The highest BCUT2D eigenvalue weighted by Crippen LogP contribution is 2.23. The number of anilines is 1. The van der Waals surface area contributed by atoms with E-state index < -0.39 is 23.9 Å². The summed E-state index contributed by atoms with van der Waals surface area (Å²) in [6, 6.07) is 3.97. The second kappa shape index (κ2) is 14.0. The number of likely N-dealkylation sites (N-methyl/N-ethyl adjacent to an activating group) is 1. The van der Waals surface area contributed by atoms with Crippen LogP contribution in [0, 0.1) is 11.7 Å². The highest BCUT2D eigenvalue weighted by Gasteiger charge is 2.22. The molecule has 216 valence electrons. The van der Waals surface area contributed by atoms with Crippen molar-refractivity contribution in [3.05, 3.63) is 70.2 Å². The molecule has 1 unspecified atom stereocenters. The number of pyridine rings is 2. The summed E-state index contributed by atoms with van der Waals surface area (Å²) in [4.78, 5) is 46.8. The number of aromatic amines is 1. The lowest BCUT2D eigenvalue weighted by Crippen LogP contribution is -2.47. The van der Waals surface area contributed by atoms with Gasteiger partial charge in [0.25, 0.3) is 5.56 Å². The summed E-state index contributed by atoms with van der Waals surface area (Å²) in [5.74, 6) is -0.877. The third kappa shape index (κ3) is 8.07. The average Bonchev–Trinajstić information content (AvgIpc) is 3.32. The Balaban J connectivity index is 1.77. The van der Waals surface area contributed by atoms with E-state index in [1.165, 1.54) is 34.9 Å². The zero-order valence-corrected chi connectivity index (χ0v) is 23.4. The summed E-state index contributed by atoms with van der Waals surface area (Å²) in [6.45, 7) is 4.16. The van der Waals surface area contributed by atoms with E-state index in [4.69, 9.17) is 4.74 Å². The zero-order valence-electron chi connectivity index (χ0n) is 23.4. The maximum absolute atomic E-state index is 14.5. The number of amides is 2. The summed E-state index contributed by atoms with van der Waals surface area (Å²) < 4.78 is 20.7. The molecule has 0 aliphatic rings. The minimum absolute atomic E-state index is 0.0466. The van der Waals surface area contributed by atoms with Gasteiger partial charge in [0.05, 0.1) is 29.8 Å². The van der Waals surface area contributed by atoms with Gasteiger partial charge in [-0.1, -0.05) is 19.9 Å². The maximum Gasteiger partial charge on any atom is 0.274 e. The Labute approximate surface area is 232 Å². The summed E-state index contributed by atoms with van der Waals surface area (Å²) >= 11 is 0. The fourth-order valence-electron chi connectivity index (χ4n) is 4.13. The molecule has 3 heterocycles. The third-order valence-electron chi connectivity index (χ3n) is 6.20. The van der Waals surface area contributed by atoms with Gasteiger partial charge in [0.2, 0.25) is 18.2 Å². The van der Waals surface area contributed by atoms with Crippen molar-refractivity contribution in [2.75, 3.05) is 26.5 Å². The van der Waals surface area contributed by atoms with Crippen molar-refractivity contribution < 1.29 is 23.8 Å². The van der Waals surface area contributed by atoms with Gasteiger partial charge >= 0.3 is 0 Å². The number of methoxy groups -OCH3 is 1. The van der Waals surface area contributed by atoms with E-state index in [1.54, 1.807) is 38.5 Å². The van der Waals surface area contributed by atoms with Gasteiger partial charge < -0.3 is 29.6 Å². The van der Waals surface area contributed by atoms with E-state index >= 15 is 0 Å². The Morgan fingerprint density at radius 3 is 2.75 bits per heavy atom. The lowest BCUT2D eigenvalue weighted by atomic mass is 10.0. The number of carbonyl (C=O) groups is 2. The number of fused-ring (bicyclic) bond motifs is 1. The lowest BCUT2D eigenvalue weighted by molar-refractivity contribution is -0.129. The Morgan fingerprint density at radius 2 is 2.08 bits per heavy atom. The van der Waals surface area contributed by atoms with Crippen LogP contribution in [-0.2, 0) is 27.3 Å². The Morgan fingerprint density at radius 1 is 1.32 bits per heavy atom. The van der Waals surface area contributed by atoms with Crippen molar-refractivity contribution >= 4 is 28.5 Å². The van der Waals surface area contributed by atoms with Crippen LogP contribution in [0.5, 0.6) is 0 Å². The predicted octanol–water partition coefficient (Wildman–Crippen LogP) is 2.35. The predicted molar refractivity (Wildman–Crippen MR) is 150 cm³/mol. The largest absolute Gasteiger partial charge is 0.356 e. The van der Waals surface area contributed by atoms with Gasteiger partial charge in [0.15, 0.2) is 0 Å². The number of halogens is 1. The number of nitrogens with one attached hydrogen (secondary N) is 3. The maximum atomic E-state index is 14.5. The number of rotatable bonds is 13. The quantitative estimate of drug-likeness (QED) is 0.187. The molecule has 12 heteroatoms. The van der Waals surface area contributed by atoms with Crippen LogP contribution in [0.25, 0.3) is 11.0 Å². The van der Waals surface area contributed by atoms with Crippen molar-refractivity contribution in [2.24, 2.45) is 5.92 Å². The fraction of sp³-hybridized carbons (Fsp3) is 0.429. The first-order valence-corrected chi connectivity index (χ1v) is 13.0. The Bertz CT molecular complexity index is 1410. The van der Waals surface area contributed by atoms with Gasteiger partial charge in [-0.3, -0.25) is 24.7 Å². The monoisotopic (exact) mass is 556 g/mol. The van der Waals surface area contributed by atoms with E-state index in [1.807, 2.05) is 13.8 Å². The number of nitrogens with zero attached hydrogens (tertiary/aromatic N) is 3. The summed E-state index contributed by atoms with van der Waals surface area (Å²) in [7, 11) is 4.54. The number of aliphatic hydroxyl groups is 1. The Hall–Kier alpha value is -3.87. The SMILES string of the molecule is COC(O)N[C@@H](CC/C=C/C(=O)N(C)C)C(=O)Nc1cccn(Cc2cc3ncc(F)c(CC(C)C)c3[nH]2)c1=O. The first-order chi connectivity index (χ1) is 19.0.